The molecule has 1 fully saturated rings. The number of nitrogens with one attached hydrogen (secondary N) is 1. The quantitative estimate of drug-likeness (QED) is 0.629. The molecule has 2 heteroatoms. The first-order valence-corrected chi connectivity index (χ1v) is 8.25. The first-order valence-electron chi connectivity index (χ1n) is 8.25. The molecule has 18 heavy (non-hydrogen) atoms. The van der Waals surface area contributed by atoms with Crippen LogP contribution < -0.4 is 5.32 Å². The maximum absolute atomic E-state index is 3.69. The Balaban J connectivity index is 2.18. The molecule has 1 aliphatic rings. The second kappa shape index (κ2) is 9.80. The smallest absolute Gasteiger partial charge is 0.0195 e. The monoisotopic (exact) mass is 254 g/mol. The summed E-state index contributed by atoms with van der Waals surface area (Å²) < 4.78 is 0. The molecule has 0 aromatic carbocycles. The maximum atomic E-state index is 3.69. The minimum absolute atomic E-state index is 0.747. The van der Waals surface area contributed by atoms with Gasteiger partial charge in [-0.2, -0.15) is 0 Å². The minimum Gasteiger partial charge on any atom is -0.313 e. The highest BCUT2D eigenvalue weighted by atomic mass is 15.2. The lowest BCUT2D eigenvalue weighted by atomic mass is 10.0. The van der Waals surface area contributed by atoms with Gasteiger partial charge in [-0.1, -0.05) is 39.5 Å². The third-order valence-corrected chi connectivity index (χ3v) is 4.23. The van der Waals surface area contributed by atoms with Gasteiger partial charge in [0.1, 0.15) is 0 Å². The van der Waals surface area contributed by atoms with Crippen molar-refractivity contribution in [2.45, 2.75) is 84.2 Å². The van der Waals surface area contributed by atoms with Crippen LogP contribution in [0.3, 0.4) is 0 Å². The highest BCUT2D eigenvalue weighted by Crippen LogP contribution is 2.17. The summed E-state index contributed by atoms with van der Waals surface area (Å²) in [6, 6.07) is 1.53. The van der Waals surface area contributed by atoms with Crippen LogP contribution >= 0.6 is 0 Å². The van der Waals surface area contributed by atoms with Crippen LogP contribution in [0.4, 0.5) is 0 Å². The van der Waals surface area contributed by atoms with Gasteiger partial charge >= 0.3 is 0 Å². The normalized spacial score (nSPS) is 23.2. The Morgan fingerprint density at radius 1 is 1.17 bits per heavy atom. The number of nitrogens with zero attached hydrogens (tertiary/aromatic N) is 1. The number of piperidine rings is 1. The third kappa shape index (κ3) is 6.19. The molecule has 2 unspecified atom stereocenters. The summed E-state index contributed by atoms with van der Waals surface area (Å²) in [5, 5.41) is 3.69. The van der Waals surface area contributed by atoms with Crippen LogP contribution in [-0.2, 0) is 0 Å². The fraction of sp³-hybridized carbons (Fsp3) is 1.00. The van der Waals surface area contributed by atoms with Crippen molar-refractivity contribution in [3.63, 3.8) is 0 Å². The molecule has 0 radical (unpaired) electrons. The molecular weight excluding hydrogens is 220 g/mol. The Bertz CT molecular complexity index is 194. The summed E-state index contributed by atoms with van der Waals surface area (Å²) in [5.41, 5.74) is 0. The molecular formula is C16H34N2. The molecule has 1 N–H and O–H groups in total. The van der Waals surface area contributed by atoms with Crippen LogP contribution in [0.1, 0.15) is 72.1 Å². The highest BCUT2D eigenvalue weighted by molar-refractivity contribution is 4.81. The topological polar surface area (TPSA) is 15.3 Å². The van der Waals surface area contributed by atoms with Gasteiger partial charge in [0.15, 0.2) is 0 Å². The summed E-state index contributed by atoms with van der Waals surface area (Å²) >= 11 is 0. The Hall–Kier alpha value is -0.0800. The molecule has 2 nitrogen and oxygen atoms in total. The van der Waals surface area contributed by atoms with Gasteiger partial charge in [0, 0.05) is 18.6 Å². The van der Waals surface area contributed by atoms with Crippen molar-refractivity contribution < 1.29 is 0 Å². The van der Waals surface area contributed by atoms with E-state index in [0.717, 1.165) is 12.1 Å². The predicted molar refractivity (Wildman–Crippen MR) is 81.1 cm³/mol. The van der Waals surface area contributed by atoms with E-state index in [-0.39, 0.29) is 0 Å². The van der Waals surface area contributed by atoms with Crippen LogP contribution in [-0.4, -0.2) is 36.6 Å². The molecule has 0 spiro atoms. The van der Waals surface area contributed by atoms with Crippen LogP contribution in [0.15, 0.2) is 0 Å². The van der Waals surface area contributed by atoms with E-state index in [1.165, 1.54) is 71.0 Å². The molecule has 0 aromatic heterocycles. The highest BCUT2D eigenvalue weighted by Gasteiger charge is 2.22. The van der Waals surface area contributed by atoms with Crippen LogP contribution in [0.2, 0.25) is 0 Å². The van der Waals surface area contributed by atoms with Crippen LogP contribution in [0, 0.1) is 0 Å². The molecule has 108 valence electrons. The van der Waals surface area contributed by atoms with E-state index in [2.05, 4.69) is 31.0 Å². The lowest BCUT2D eigenvalue weighted by Gasteiger charge is -2.37. The molecule has 0 bridgehead atoms. The molecule has 0 saturated carbocycles. The van der Waals surface area contributed by atoms with Gasteiger partial charge in [-0.25, -0.2) is 0 Å². The maximum Gasteiger partial charge on any atom is 0.0195 e. The molecule has 0 aliphatic carbocycles. The van der Waals surface area contributed by atoms with Gasteiger partial charge in [-0.3, -0.25) is 4.90 Å². The van der Waals surface area contributed by atoms with Gasteiger partial charge in [0.2, 0.25) is 0 Å². The molecule has 0 amide bonds. The van der Waals surface area contributed by atoms with Gasteiger partial charge in [-0.15, -0.1) is 0 Å². The second-order valence-corrected chi connectivity index (χ2v) is 5.99. The number of likely N-dealkylation sites (tertiary alicyclic amines) is 1. The molecule has 1 heterocycles. The molecule has 2 atom stereocenters. The van der Waals surface area contributed by atoms with E-state index in [1.54, 1.807) is 0 Å². The second-order valence-electron chi connectivity index (χ2n) is 5.99. The zero-order valence-electron chi connectivity index (χ0n) is 12.9. The largest absolute Gasteiger partial charge is 0.313 e. The van der Waals surface area contributed by atoms with Gasteiger partial charge in [0.25, 0.3) is 0 Å². The van der Waals surface area contributed by atoms with Crippen molar-refractivity contribution in [1.82, 2.24) is 10.2 Å². The standard InChI is InChI=1S/C16H34N2/c1-4-6-7-8-10-15(3)18-13-9-11-16(14-18)17-12-5-2/h15-17H,4-14H2,1-3H3. The van der Waals surface area contributed by atoms with E-state index in [1.807, 2.05) is 0 Å². The third-order valence-electron chi connectivity index (χ3n) is 4.23. The molecule has 1 aliphatic heterocycles. The Morgan fingerprint density at radius 3 is 2.72 bits per heavy atom. The SMILES string of the molecule is CCCCCCC(C)N1CCCC(NCCC)C1. The molecule has 0 aromatic rings. The lowest BCUT2D eigenvalue weighted by Crippen LogP contribution is -2.48. The van der Waals surface area contributed by atoms with Crippen LogP contribution in [0.5, 0.6) is 0 Å². The fourth-order valence-corrected chi connectivity index (χ4v) is 2.97. The fourth-order valence-electron chi connectivity index (χ4n) is 2.97. The van der Waals surface area contributed by atoms with E-state index in [4.69, 9.17) is 0 Å². The van der Waals surface area contributed by atoms with Crippen LogP contribution in [0.25, 0.3) is 0 Å². The van der Waals surface area contributed by atoms with Gasteiger partial charge < -0.3 is 5.32 Å². The number of hydrogen-bond donors (Lipinski definition) is 1. The summed E-state index contributed by atoms with van der Waals surface area (Å²) in [5.74, 6) is 0. The Kier molecular flexibility index (Phi) is 8.70. The van der Waals surface area contributed by atoms with Gasteiger partial charge in [0.05, 0.1) is 0 Å². The minimum atomic E-state index is 0.747. The van der Waals surface area contributed by atoms with E-state index in [0.29, 0.717) is 0 Å². The number of unbranched alkanes of at least 4 members (excludes halogenated alkanes) is 3. The molecule has 1 rings (SSSR count). The number of rotatable bonds is 9. The van der Waals surface area contributed by atoms with E-state index >= 15 is 0 Å². The number of hydrogen-bond acceptors (Lipinski definition) is 2. The Labute approximate surface area is 115 Å². The van der Waals surface area contributed by atoms with E-state index in [9.17, 15) is 0 Å². The van der Waals surface area contributed by atoms with Crippen molar-refractivity contribution in [1.29, 1.82) is 0 Å². The van der Waals surface area contributed by atoms with Gasteiger partial charge in [-0.05, 0) is 45.7 Å². The Morgan fingerprint density at radius 2 is 2.00 bits per heavy atom. The van der Waals surface area contributed by atoms with Crippen molar-refractivity contribution in [2.24, 2.45) is 0 Å². The predicted octanol–water partition coefficient (Wildman–Crippen LogP) is 3.81. The average molecular weight is 254 g/mol. The summed E-state index contributed by atoms with van der Waals surface area (Å²) in [6.45, 7) is 10.7. The summed E-state index contributed by atoms with van der Waals surface area (Å²) in [6.07, 6.45) is 11.0. The first-order chi connectivity index (χ1) is 8.77. The zero-order valence-corrected chi connectivity index (χ0v) is 12.9. The van der Waals surface area contributed by atoms with Crippen molar-refractivity contribution in [2.75, 3.05) is 19.6 Å². The van der Waals surface area contributed by atoms with E-state index < -0.39 is 0 Å². The van der Waals surface area contributed by atoms with Crippen molar-refractivity contribution in [3.8, 4) is 0 Å². The summed E-state index contributed by atoms with van der Waals surface area (Å²) in [7, 11) is 0. The van der Waals surface area contributed by atoms with Crippen molar-refractivity contribution >= 4 is 0 Å². The van der Waals surface area contributed by atoms with Crippen molar-refractivity contribution in [3.05, 3.63) is 0 Å². The molecule has 1 saturated heterocycles. The average Bonchev–Trinajstić information content (AvgIpc) is 2.41. The zero-order chi connectivity index (χ0) is 13.2. The summed E-state index contributed by atoms with van der Waals surface area (Å²) in [4.78, 5) is 2.71. The first kappa shape index (κ1) is 16.0. The lowest BCUT2D eigenvalue weighted by molar-refractivity contribution is 0.138.